The fourth-order valence-corrected chi connectivity index (χ4v) is 0.696. The maximum Gasteiger partial charge on any atom is 0.124 e. The van der Waals surface area contributed by atoms with Crippen molar-refractivity contribution >= 4 is 24.1 Å². The summed E-state index contributed by atoms with van der Waals surface area (Å²) in [4.78, 5) is 0. The van der Waals surface area contributed by atoms with Crippen molar-refractivity contribution in [2.24, 2.45) is 33.5 Å². The van der Waals surface area contributed by atoms with Crippen LogP contribution in [0.15, 0.2) is 10.2 Å². The van der Waals surface area contributed by atoms with Gasteiger partial charge in [0.25, 0.3) is 0 Å². The van der Waals surface area contributed by atoms with Crippen LogP contribution in [-0.4, -0.2) is 24.8 Å². The summed E-state index contributed by atoms with van der Waals surface area (Å²) in [5.74, 6) is -2.15. The Morgan fingerprint density at radius 1 is 1.00 bits per heavy atom. The van der Waals surface area contributed by atoms with Gasteiger partial charge in [0, 0.05) is 0 Å². The monoisotopic (exact) mass is 256 g/mol. The van der Waals surface area contributed by atoms with E-state index in [9.17, 15) is 0 Å². The summed E-state index contributed by atoms with van der Waals surface area (Å²) in [7, 11) is 0. The number of rotatable bonds is 6. The average Bonchev–Trinajstić information content (AvgIpc) is 2.22. The second-order valence-corrected chi connectivity index (χ2v) is 2.92. The van der Waals surface area contributed by atoms with Gasteiger partial charge in [-0.05, 0) is 0 Å². The minimum absolute atomic E-state index is 0. The van der Waals surface area contributed by atoms with E-state index in [-0.39, 0.29) is 37.2 Å². The zero-order valence-corrected chi connectivity index (χ0v) is 9.74. The molecule has 0 bridgehead atoms. The molecule has 0 aromatic rings. The Morgan fingerprint density at radius 2 is 1.29 bits per heavy atom. The molecule has 0 rings (SSSR count). The number of amidine groups is 2. The molecule has 0 spiro atoms. The number of nitriles is 2. The molecule has 2 unspecified atom stereocenters. The van der Waals surface area contributed by atoms with Gasteiger partial charge in [-0.2, -0.15) is 20.8 Å². The molecular formula is C8H13ClN8. The lowest BCUT2D eigenvalue weighted by molar-refractivity contribution is 0.744. The minimum atomic E-state index is -0.804. The van der Waals surface area contributed by atoms with Gasteiger partial charge in [0.2, 0.25) is 0 Å². The third kappa shape index (κ3) is 6.82. The highest BCUT2D eigenvalue weighted by atomic mass is 35.5. The first-order valence-corrected chi connectivity index (χ1v) is 4.33. The lowest BCUT2D eigenvalue weighted by atomic mass is 10.1. The van der Waals surface area contributed by atoms with Gasteiger partial charge in [-0.15, -0.1) is 12.4 Å². The van der Waals surface area contributed by atoms with Crippen molar-refractivity contribution < 1.29 is 0 Å². The molecule has 92 valence electrons. The summed E-state index contributed by atoms with van der Waals surface area (Å²) >= 11 is 0. The van der Waals surface area contributed by atoms with E-state index >= 15 is 0 Å². The van der Waals surface area contributed by atoms with Crippen molar-refractivity contribution in [3.8, 4) is 12.1 Å². The van der Waals surface area contributed by atoms with E-state index in [0.29, 0.717) is 0 Å². The first-order chi connectivity index (χ1) is 7.52. The van der Waals surface area contributed by atoms with E-state index in [1.54, 1.807) is 12.1 Å². The van der Waals surface area contributed by atoms with Gasteiger partial charge in [0.1, 0.15) is 23.5 Å². The molecule has 8 nitrogen and oxygen atoms in total. The van der Waals surface area contributed by atoms with Crippen molar-refractivity contribution in [3.05, 3.63) is 0 Å². The van der Waals surface area contributed by atoms with Gasteiger partial charge < -0.3 is 11.5 Å². The molecule has 0 amide bonds. The standard InChI is InChI=1S/C8H12N8.ClH/c9-1-5(7(11)12)3-15-16-4-6(2-10)8(13)14;/h5-6H,3-4H2,(H3,11,12)(H3,13,14);1H. The molecule has 0 aromatic carbocycles. The lowest BCUT2D eigenvalue weighted by Gasteiger charge is -2.02. The quantitative estimate of drug-likeness (QED) is 0.298. The molecule has 9 heteroatoms. The second kappa shape index (κ2) is 9.07. The number of nitrogens with one attached hydrogen (secondary N) is 2. The van der Waals surface area contributed by atoms with Gasteiger partial charge >= 0.3 is 0 Å². The summed E-state index contributed by atoms with van der Waals surface area (Å²) in [5, 5.41) is 38.4. The second-order valence-electron chi connectivity index (χ2n) is 2.92. The van der Waals surface area contributed by atoms with Crippen molar-refractivity contribution in [2.45, 2.75) is 0 Å². The van der Waals surface area contributed by atoms with Gasteiger partial charge in [-0.3, -0.25) is 10.8 Å². The summed E-state index contributed by atoms with van der Waals surface area (Å²) in [6.07, 6.45) is 0. The van der Waals surface area contributed by atoms with Crippen LogP contribution in [0.2, 0.25) is 0 Å². The highest BCUT2D eigenvalue weighted by molar-refractivity contribution is 5.85. The number of nitrogens with two attached hydrogens (primary N) is 2. The molecule has 2 atom stereocenters. The van der Waals surface area contributed by atoms with Gasteiger partial charge in [0.15, 0.2) is 0 Å². The number of hydrogen-bond acceptors (Lipinski definition) is 6. The molecule has 0 aromatic heterocycles. The Hall–Kier alpha value is -2.19. The van der Waals surface area contributed by atoms with Gasteiger partial charge in [-0.1, -0.05) is 0 Å². The zero-order chi connectivity index (χ0) is 12.6. The number of nitrogens with zero attached hydrogens (tertiary/aromatic N) is 4. The summed E-state index contributed by atoms with van der Waals surface area (Å²) < 4.78 is 0. The third-order valence-corrected chi connectivity index (χ3v) is 1.69. The Morgan fingerprint density at radius 3 is 1.47 bits per heavy atom. The average molecular weight is 257 g/mol. The molecule has 0 radical (unpaired) electrons. The molecule has 0 saturated heterocycles. The van der Waals surface area contributed by atoms with Crippen molar-refractivity contribution in [2.75, 3.05) is 13.1 Å². The summed E-state index contributed by atoms with van der Waals surface area (Å²) in [6.45, 7) is -0.0518. The normalized spacial score (nSPS) is 12.8. The van der Waals surface area contributed by atoms with Crippen molar-refractivity contribution in [1.29, 1.82) is 21.3 Å². The van der Waals surface area contributed by atoms with Crippen LogP contribution in [0.25, 0.3) is 0 Å². The van der Waals surface area contributed by atoms with Crippen LogP contribution in [0.4, 0.5) is 0 Å². The molecule has 0 heterocycles. The summed E-state index contributed by atoms with van der Waals surface area (Å²) in [5.41, 5.74) is 10.2. The van der Waals surface area contributed by atoms with Crippen LogP contribution in [-0.2, 0) is 0 Å². The van der Waals surface area contributed by atoms with Crippen LogP contribution in [0, 0.1) is 45.3 Å². The topological polar surface area (TPSA) is 172 Å². The molecule has 0 aliphatic heterocycles. The largest absolute Gasteiger partial charge is 0.386 e. The van der Waals surface area contributed by atoms with E-state index < -0.39 is 11.8 Å². The van der Waals surface area contributed by atoms with Crippen LogP contribution in [0.5, 0.6) is 0 Å². The van der Waals surface area contributed by atoms with Crippen molar-refractivity contribution in [3.63, 3.8) is 0 Å². The minimum Gasteiger partial charge on any atom is -0.386 e. The first-order valence-electron chi connectivity index (χ1n) is 4.33. The Labute approximate surface area is 105 Å². The smallest absolute Gasteiger partial charge is 0.124 e. The SMILES string of the molecule is Cl.N#CC(CN=NCC(C#N)C(=N)N)C(=N)N. The Balaban J connectivity index is 0. The zero-order valence-electron chi connectivity index (χ0n) is 8.92. The Bertz CT molecular complexity index is 340. The van der Waals surface area contributed by atoms with Crippen LogP contribution >= 0.6 is 12.4 Å². The maximum atomic E-state index is 8.56. The van der Waals surface area contributed by atoms with E-state index in [4.69, 9.17) is 32.8 Å². The van der Waals surface area contributed by atoms with E-state index in [2.05, 4.69) is 10.2 Å². The van der Waals surface area contributed by atoms with E-state index in [1.807, 2.05) is 0 Å². The Kier molecular flexibility index (Phi) is 9.18. The molecule has 0 aliphatic carbocycles. The lowest BCUT2D eigenvalue weighted by Crippen LogP contribution is -2.24. The molecule has 6 N–H and O–H groups in total. The fraction of sp³-hybridized carbons (Fsp3) is 0.500. The predicted octanol–water partition coefficient (Wildman–Crippen LogP) is 0.0119. The van der Waals surface area contributed by atoms with Crippen LogP contribution in [0.3, 0.4) is 0 Å². The van der Waals surface area contributed by atoms with E-state index in [0.717, 1.165) is 0 Å². The first kappa shape index (κ1) is 17.2. The highest BCUT2D eigenvalue weighted by Crippen LogP contribution is 1.98. The van der Waals surface area contributed by atoms with Crippen LogP contribution in [0.1, 0.15) is 0 Å². The van der Waals surface area contributed by atoms with Gasteiger partial charge in [0.05, 0.1) is 25.2 Å². The predicted molar refractivity (Wildman–Crippen MR) is 63.9 cm³/mol. The molecule has 0 saturated carbocycles. The maximum absolute atomic E-state index is 8.56. The third-order valence-electron chi connectivity index (χ3n) is 1.69. The number of azo groups is 1. The fourth-order valence-electron chi connectivity index (χ4n) is 0.696. The van der Waals surface area contributed by atoms with Crippen LogP contribution < -0.4 is 11.5 Å². The van der Waals surface area contributed by atoms with Gasteiger partial charge in [-0.25, -0.2) is 0 Å². The molecule has 17 heavy (non-hydrogen) atoms. The molecule has 0 fully saturated rings. The summed E-state index contributed by atoms with van der Waals surface area (Å²) in [6, 6.07) is 3.58. The number of hydrogen-bond donors (Lipinski definition) is 4. The molecular weight excluding hydrogens is 244 g/mol. The van der Waals surface area contributed by atoms with Crippen molar-refractivity contribution in [1.82, 2.24) is 0 Å². The highest BCUT2D eigenvalue weighted by Gasteiger charge is 2.11. The van der Waals surface area contributed by atoms with E-state index in [1.165, 1.54) is 0 Å². The molecule has 0 aliphatic rings. The number of halogens is 1.